The van der Waals surface area contributed by atoms with Gasteiger partial charge in [-0.2, -0.15) is 13.2 Å². The van der Waals surface area contributed by atoms with Crippen molar-refractivity contribution in [3.8, 4) is 0 Å². The van der Waals surface area contributed by atoms with Gasteiger partial charge in [-0.25, -0.2) is 0 Å². The highest BCUT2D eigenvalue weighted by Crippen LogP contribution is 2.41. The average Bonchev–Trinajstić information content (AvgIpc) is 3.36. The molecule has 0 radical (unpaired) electrons. The third kappa shape index (κ3) is 3.99. The molecule has 3 rings (SSSR count). The van der Waals surface area contributed by atoms with Crippen molar-refractivity contribution < 1.29 is 22.8 Å². The molecule has 4 nitrogen and oxygen atoms in total. The Labute approximate surface area is 142 Å². The van der Waals surface area contributed by atoms with Gasteiger partial charge in [-0.05, 0) is 30.7 Å². The number of carbonyl (C=O) groups excluding carboxylic acids is 2. The van der Waals surface area contributed by atoms with Crippen molar-refractivity contribution in [2.45, 2.75) is 12.6 Å². The second-order valence-corrected chi connectivity index (χ2v) is 5.84. The minimum atomic E-state index is -4.56. The van der Waals surface area contributed by atoms with Crippen LogP contribution in [0.4, 0.5) is 24.5 Å². The number of halogens is 3. The van der Waals surface area contributed by atoms with E-state index in [4.69, 9.17) is 0 Å². The van der Waals surface area contributed by atoms with E-state index in [0.29, 0.717) is 12.1 Å². The Morgan fingerprint density at radius 1 is 0.840 bits per heavy atom. The zero-order valence-electron chi connectivity index (χ0n) is 13.0. The van der Waals surface area contributed by atoms with Gasteiger partial charge in [0.25, 0.3) is 0 Å². The summed E-state index contributed by atoms with van der Waals surface area (Å²) < 4.78 is 38.8. The minimum Gasteiger partial charge on any atom is -0.326 e. The van der Waals surface area contributed by atoms with Gasteiger partial charge >= 0.3 is 6.18 Å². The van der Waals surface area contributed by atoms with Crippen molar-refractivity contribution in [2.24, 2.45) is 11.8 Å². The molecular weight excluding hydrogens is 333 g/mol. The molecule has 2 atom stereocenters. The molecule has 0 saturated heterocycles. The molecule has 7 heteroatoms. The Hall–Kier alpha value is -2.83. The van der Waals surface area contributed by atoms with Crippen LogP contribution in [0.15, 0.2) is 54.6 Å². The molecule has 25 heavy (non-hydrogen) atoms. The Morgan fingerprint density at radius 3 is 2.04 bits per heavy atom. The van der Waals surface area contributed by atoms with Gasteiger partial charge in [0, 0.05) is 5.69 Å². The maximum Gasteiger partial charge on any atom is 0.418 e. The number of para-hydroxylation sites is 2. The lowest BCUT2D eigenvalue weighted by atomic mass is 10.1. The number of amides is 2. The monoisotopic (exact) mass is 348 g/mol. The van der Waals surface area contributed by atoms with Gasteiger partial charge in [-0.15, -0.1) is 0 Å². The first-order valence-corrected chi connectivity index (χ1v) is 7.69. The van der Waals surface area contributed by atoms with E-state index in [9.17, 15) is 22.8 Å². The summed E-state index contributed by atoms with van der Waals surface area (Å²) in [5.41, 5.74) is -0.593. The smallest absolute Gasteiger partial charge is 0.326 e. The summed E-state index contributed by atoms with van der Waals surface area (Å²) in [7, 11) is 0. The molecule has 0 spiro atoms. The number of nitrogens with one attached hydrogen (secondary N) is 2. The Bertz CT molecular complexity index is 790. The van der Waals surface area contributed by atoms with Crippen LogP contribution in [0.1, 0.15) is 12.0 Å². The summed E-state index contributed by atoms with van der Waals surface area (Å²) in [5, 5.41) is 4.98. The predicted octanol–water partition coefficient (Wildman–Crippen LogP) is 3.92. The molecule has 1 fully saturated rings. The van der Waals surface area contributed by atoms with E-state index in [1.54, 1.807) is 30.3 Å². The fraction of sp³-hybridized carbons (Fsp3) is 0.222. The van der Waals surface area contributed by atoms with Crippen LogP contribution in [-0.4, -0.2) is 11.8 Å². The second-order valence-electron chi connectivity index (χ2n) is 5.84. The zero-order valence-corrected chi connectivity index (χ0v) is 13.0. The highest BCUT2D eigenvalue weighted by atomic mass is 19.4. The molecule has 0 bridgehead atoms. The van der Waals surface area contributed by atoms with Crippen LogP contribution in [0.2, 0.25) is 0 Å². The van der Waals surface area contributed by atoms with Crippen molar-refractivity contribution in [3.63, 3.8) is 0 Å². The standard InChI is InChI=1S/C18H15F3N2O2/c19-18(20,21)14-8-4-5-9-15(14)23-17(25)13-10-12(13)16(24)22-11-6-2-1-3-7-11/h1-9,12-13H,10H2,(H,22,24)(H,23,25). The molecule has 2 amide bonds. The molecule has 1 aliphatic rings. The van der Waals surface area contributed by atoms with Crippen molar-refractivity contribution >= 4 is 23.2 Å². The van der Waals surface area contributed by atoms with Crippen LogP contribution < -0.4 is 10.6 Å². The molecule has 1 saturated carbocycles. The largest absolute Gasteiger partial charge is 0.418 e. The molecule has 2 aromatic rings. The molecule has 0 aromatic heterocycles. The molecule has 2 aromatic carbocycles. The Kier molecular flexibility index (Phi) is 4.48. The lowest BCUT2D eigenvalue weighted by Gasteiger charge is -2.13. The summed E-state index contributed by atoms with van der Waals surface area (Å²) in [6.45, 7) is 0. The normalized spacial score (nSPS) is 19.2. The summed E-state index contributed by atoms with van der Waals surface area (Å²) in [6.07, 6.45) is -4.24. The van der Waals surface area contributed by atoms with E-state index in [-0.39, 0.29) is 11.6 Å². The van der Waals surface area contributed by atoms with Crippen molar-refractivity contribution in [2.75, 3.05) is 10.6 Å². The first-order chi connectivity index (χ1) is 11.9. The van der Waals surface area contributed by atoms with E-state index in [0.717, 1.165) is 6.07 Å². The number of benzene rings is 2. The zero-order chi connectivity index (χ0) is 18.0. The lowest BCUT2D eigenvalue weighted by Crippen LogP contribution is -2.22. The third-order valence-electron chi connectivity index (χ3n) is 4.00. The summed E-state index contributed by atoms with van der Waals surface area (Å²) >= 11 is 0. The summed E-state index contributed by atoms with van der Waals surface area (Å²) in [4.78, 5) is 24.3. The van der Waals surface area contributed by atoms with E-state index >= 15 is 0 Å². The first kappa shape index (κ1) is 17.0. The molecule has 1 aliphatic carbocycles. The highest BCUT2D eigenvalue weighted by Gasteiger charge is 2.48. The van der Waals surface area contributed by atoms with E-state index in [1.807, 2.05) is 0 Å². The summed E-state index contributed by atoms with van der Waals surface area (Å²) in [5.74, 6) is -2.04. The van der Waals surface area contributed by atoms with E-state index < -0.39 is 29.5 Å². The maximum atomic E-state index is 12.9. The molecule has 2 unspecified atom stereocenters. The SMILES string of the molecule is O=C(Nc1ccccc1)C1CC1C(=O)Nc1ccccc1C(F)(F)F. The van der Waals surface area contributed by atoms with E-state index in [1.165, 1.54) is 18.2 Å². The Balaban J connectivity index is 1.62. The van der Waals surface area contributed by atoms with Crippen molar-refractivity contribution in [3.05, 3.63) is 60.2 Å². The van der Waals surface area contributed by atoms with Gasteiger partial charge in [-0.3, -0.25) is 9.59 Å². The Morgan fingerprint density at radius 2 is 1.40 bits per heavy atom. The fourth-order valence-corrected chi connectivity index (χ4v) is 2.60. The van der Waals surface area contributed by atoms with Gasteiger partial charge in [0.2, 0.25) is 11.8 Å². The minimum absolute atomic E-state index is 0.297. The summed E-state index contributed by atoms with van der Waals surface area (Å²) in [6, 6.07) is 13.5. The fourth-order valence-electron chi connectivity index (χ4n) is 2.60. The van der Waals surface area contributed by atoms with Gasteiger partial charge < -0.3 is 10.6 Å². The molecular formula is C18H15F3N2O2. The quantitative estimate of drug-likeness (QED) is 0.880. The number of hydrogen-bond acceptors (Lipinski definition) is 2. The van der Waals surface area contributed by atoms with Crippen LogP contribution >= 0.6 is 0 Å². The second kappa shape index (κ2) is 6.58. The molecule has 0 heterocycles. The van der Waals surface area contributed by atoms with Crippen LogP contribution in [-0.2, 0) is 15.8 Å². The average molecular weight is 348 g/mol. The van der Waals surface area contributed by atoms with Crippen LogP contribution in [0.5, 0.6) is 0 Å². The van der Waals surface area contributed by atoms with Crippen LogP contribution in [0.25, 0.3) is 0 Å². The van der Waals surface area contributed by atoms with Gasteiger partial charge in [0.05, 0.1) is 23.1 Å². The predicted molar refractivity (Wildman–Crippen MR) is 86.7 cm³/mol. The van der Waals surface area contributed by atoms with Gasteiger partial charge in [0.15, 0.2) is 0 Å². The number of carbonyl (C=O) groups is 2. The number of hydrogen-bond donors (Lipinski definition) is 2. The maximum absolute atomic E-state index is 12.9. The number of alkyl halides is 3. The van der Waals surface area contributed by atoms with Gasteiger partial charge in [0.1, 0.15) is 0 Å². The molecule has 2 N–H and O–H groups in total. The van der Waals surface area contributed by atoms with Crippen molar-refractivity contribution in [1.29, 1.82) is 0 Å². The molecule has 130 valence electrons. The van der Waals surface area contributed by atoms with E-state index in [2.05, 4.69) is 10.6 Å². The topological polar surface area (TPSA) is 58.2 Å². The van der Waals surface area contributed by atoms with Crippen LogP contribution in [0.3, 0.4) is 0 Å². The molecule has 0 aliphatic heterocycles. The first-order valence-electron chi connectivity index (χ1n) is 7.69. The third-order valence-corrected chi connectivity index (χ3v) is 4.00. The number of anilines is 2. The van der Waals surface area contributed by atoms with Crippen molar-refractivity contribution in [1.82, 2.24) is 0 Å². The number of rotatable bonds is 4. The van der Waals surface area contributed by atoms with Crippen LogP contribution in [0, 0.1) is 11.8 Å². The van der Waals surface area contributed by atoms with Gasteiger partial charge in [-0.1, -0.05) is 30.3 Å². The lowest BCUT2D eigenvalue weighted by molar-refractivity contribution is -0.137. The highest BCUT2D eigenvalue weighted by molar-refractivity contribution is 6.03.